The van der Waals surface area contributed by atoms with E-state index in [1.165, 1.54) is 11.8 Å². The fraction of sp³-hybridized carbons (Fsp3) is 0.316. The Balaban J connectivity index is 2.07. The molecule has 0 aromatic heterocycles. The molecule has 0 spiro atoms. The maximum atomic E-state index is 12.4. The third-order valence-corrected chi connectivity index (χ3v) is 4.52. The molecule has 0 bridgehead atoms. The van der Waals surface area contributed by atoms with E-state index in [1.807, 2.05) is 38.4 Å². The van der Waals surface area contributed by atoms with Crippen molar-refractivity contribution >= 4 is 15.7 Å². The van der Waals surface area contributed by atoms with Crippen molar-refractivity contribution in [2.75, 3.05) is 20.4 Å². The van der Waals surface area contributed by atoms with Crippen LogP contribution < -0.4 is 5.32 Å². The van der Waals surface area contributed by atoms with E-state index in [9.17, 15) is 13.2 Å². The number of nitrogens with zero attached hydrogens (tertiary/aromatic N) is 1. The van der Waals surface area contributed by atoms with Gasteiger partial charge in [-0.05, 0) is 42.9 Å². The van der Waals surface area contributed by atoms with Crippen molar-refractivity contribution in [1.82, 2.24) is 10.2 Å². The van der Waals surface area contributed by atoms with Crippen LogP contribution in [0.4, 0.5) is 0 Å². The van der Waals surface area contributed by atoms with E-state index in [1.54, 1.807) is 24.3 Å². The highest BCUT2D eigenvalue weighted by Gasteiger charge is 2.10. The molecule has 0 aliphatic rings. The molecular weight excluding hydrogens is 336 g/mol. The number of amides is 1. The zero-order valence-electron chi connectivity index (χ0n) is 14.8. The minimum atomic E-state index is -3.13. The lowest BCUT2D eigenvalue weighted by Gasteiger charge is -2.14. The number of rotatable bonds is 7. The summed E-state index contributed by atoms with van der Waals surface area (Å²) in [6.07, 6.45) is 1.18. The topological polar surface area (TPSA) is 66.5 Å². The lowest BCUT2D eigenvalue weighted by atomic mass is 10.1. The van der Waals surface area contributed by atoms with E-state index < -0.39 is 9.84 Å². The first-order chi connectivity index (χ1) is 11.7. The van der Waals surface area contributed by atoms with Gasteiger partial charge in [0, 0.05) is 24.9 Å². The Morgan fingerprint density at radius 3 is 2.36 bits per heavy atom. The summed E-state index contributed by atoms with van der Waals surface area (Å²) >= 11 is 0. The molecule has 5 nitrogen and oxygen atoms in total. The highest BCUT2D eigenvalue weighted by atomic mass is 32.2. The van der Waals surface area contributed by atoms with Crippen molar-refractivity contribution < 1.29 is 13.2 Å². The molecule has 6 heteroatoms. The lowest BCUT2D eigenvalue weighted by molar-refractivity contribution is 0.0950. The van der Waals surface area contributed by atoms with Gasteiger partial charge in [0.25, 0.3) is 5.91 Å². The third kappa shape index (κ3) is 6.32. The van der Waals surface area contributed by atoms with E-state index in [0.29, 0.717) is 17.7 Å². The highest BCUT2D eigenvalue weighted by molar-refractivity contribution is 7.89. The van der Waals surface area contributed by atoms with Crippen molar-refractivity contribution in [3.05, 3.63) is 70.8 Å². The van der Waals surface area contributed by atoms with Gasteiger partial charge in [-0.1, -0.05) is 36.4 Å². The maximum Gasteiger partial charge on any atom is 0.251 e. The molecule has 25 heavy (non-hydrogen) atoms. The van der Waals surface area contributed by atoms with Gasteiger partial charge < -0.3 is 10.2 Å². The molecule has 1 N–H and O–H groups in total. The van der Waals surface area contributed by atoms with Crippen LogP contribution in [0.15, 0.2) is 48.5 Å². The van der Waals surface area contributed by atoms with Crippen LogP contribution in [0.1, 0.15) is 27.0 Å². The van der Waals surface area contributed by atoms with Gasteiger partial charge in [-0.3, -0.25) is 4.79 Å². The quantitative estimate of drug-likeness (QED) is 0.822. The van der Waals surface area contributed by atoms with Crippen LogP contribution in [0.3, 0.4) is 0 Å². The molecular formula is C19H24N2O3S. The first-order valence-electron chi connectivity index (χ1n) is 8.01. The summed E-state index contributed by atoms with van der Waals surface area (Å²) < 4.78 is 22.8. The molecule has 1 amide bonds. The Morgan fingerprint density at radius 2 is 1.72 bits per heavy atom. The molecule has 0 radical (unpaired) electrons. The van der Waals surface area contributed by atoms with Crippen molar-refractivity contribution in [3.63, 3.8) is 0 Å². The summed E-state index contributed by atoms with van der Waals surface area (Å²) in [4.78, 5) is 14.5. The molecule has 2 aromatic rings. The maximum absolute atomic E-state index is 12.4. The van der Waals surface area contributed by atoms with Crippen LogP contribution >= 0.6 is 0 Å². The van der Waals surface area contributed by atoms with Gasteiger partial charge in [-0.2, -0.15) is 0 Å². The number of hydrogen-bond donors (Lipinski definition) is 1. The summed E-state index contributed by atoms with van der Waals surface area (Å²) in [6.45, 7) is 1.23. The number of sulfone groups is 1. The molecule has 0 heterocycles. The van der Waals surface area contributed by atoms with E-state index in [2.05, 4.69) is 10.2 Å². The van der Waals surface area contributed by atoms with Crippen molar-refractivity contribution in [1.29, 1.82) is 0 Å². The fourth-order valence-corrected chi connectivity index (χ4v) is 3.39. The molecule has 0 atom stereocenters. The van der Waals surface area contributed by atoms with Crippen molar-refractivity contribution in [2.45, 2.75) is 18.8 Å². The van der Waals surface area contributed by atoms with E-state index in [4.69, 9.17) is 0 Å². The highest BCUT2D eigenvalue weighted by Crippen LogP contribution is 2.12. The van der Waals surface area contributed by atoms with Gasteiger partial charge in [0.15, 0.2) is 9.84 Å². The predicted octanol–water partition coefficient (Wildman–Crippen LogP) is 2.22. The monoisotopic (exact) mass is 360 g/mol. The SMILES string of the molecule is CN(C)Cc1ccccc1CNC(=O)c1cccc(CS(C)(=O)=O)c1. The second kappa shape index (κ2) is 8.27. The summed E-state index contributed by atoms with van der Waals surface area (Å²) in [5.41, 5.74) is 3.31. The number of nitrogens with one attached hydrogen (secondary N) is 1. The van der Waals surface area contributed by atoms with Crippen LogP contribution in [0.2, 0.25) is 0 Å². The smallest absolute Gasteiger partial charge is 0.251 e. The molecule has 134 valence electrons. The molecule has 0 aliphatic carbocycles. The van der Waals surface area contributed by atoms with Crippen LogP contribution in [0, 0.1) is 0 Å². The number of carbonyl (C=O) groups excluding carboxylic acids is 1. The van der Waals surface area contributed by atoms with E-state index in [0.717, 1.165) is 12.1 Å². The summed E-state index contributed by atoms with van der Waals surface area (Å²) in [5, 5.41) is 2.91. The first-order valence-corrected chi connectivity index (χ1v) is 10.1. The summed E-state index contributed by atoms with van der Waals surface area (Å²) in [5.74, 6) is -0.283. The molecule has 2 aromatic carbocycles. The Kier molecular flexibility index (Phi) is 6.33. The normalized spacial score (nSPS) is 11.5. The van der Waals surface area contributed by atoms with E-state index >= 15 is 0 Å². The van der Waals surface area contributed by atoms with Crippen molar-refractivity contribution in [3.8, 4) is 0 Å². The zero-order chi connectivity index (χ0) is 18.4. The van der Waals surface area contributed by atoms with Crippen molar-refractivity contribution in [2.24, 2.45) is 0 Å². The Labute approximate surface area is 149 Å². The van der Waals surface area contributed by atoms with Gasteiger partial charge in [0.05, 0.1) is 5.75 Å². The molecule has 2 rings (SSSR count). The van der Waals surface area contributed by atoms with Gasteiger partial charge in [-0.25, -0.2) is 8.42 Å². The summed E-state index contributed by atoms with van der Waals surface area (Å²) in [6, 6.07) is 14.7. The molecule has 0 unspecified atom stereocenters. The van der Waals surface area contributed by atoms with E-state index in [-0.39, 0.29) is 11.7 Å². The van der Waals surface area contributed by atoms with Crippen LogP contribution in [-0.2, 0) is 28.7 Å². The van der Waals surface area contributed by atoms with Gasteiger partial charge in [-0.15, -0.1) is 0 Å². The van der Waals surface area contributed by atoms with Crippen LogP contribution in [0.5, 0.6) is 0 Å². The van der Waals surface area contributed by atoms with Gasteiger partial charge in [0.1, 0.15) is 0 Å². The zero-order valence-corrected chi connectivity index (χ0v) is 15.6. The largest absolute Gasteiger partial charge is 0.348 e. The van der Waals surface area contributed by atoms with Crippen LogP contribution in [-0.4, -0.2) is 39.6 Å². The summed E-state index contributed by atoms with van der Waals surface area (Å²) in [7, 11) is 0.877. The minimum Gasteiger partial charge on any atom is -0.348 e. The van der Waals surface area contributed by atoms with Gasteiger partial charge >= 0.3 is 0 Å². The Bertz CT molecular complexity index is 845. The number of benzene rings is 2. The third-order valence-electron chi connectivity index (χ3n) is 3.66. The Morgan fingerprint density at radius 1 is 1.04 bits per heavy atom. The Hall–Kier alpha value is -2.18. The second-order valence-corrected chi connectivity index (χ2v) is 8.60. The fourth-order valence-electron chi connectivity index (χ4n) is 2.61. The van der Waals surface area contributed by atoms with Crippen LogP contribution in [0.25, 0.3) is 0 Å². The lowest BCUT2D eigenvalue weighted by Crippen LogP contribution is -2.24. The molecule has 0 saturated carbocycles. The minimum absolute atomic E-state index is 0.0697. The second-order valence-electron chi connectivity index (χ2n) is 6.46. The predicted molar refractivity (Wildman–Crippen MR) is 100.0 cm³/mol. The molecule has 0 fully saturated rings. The van der Waals surface area contributed by atoms with Gasteiger partial charge in [0.2, 0.25) is 0 Å². The average Bonchev–Trinajstić information content (AvgIpc) is 2.52. The molecule has 0 saturated heterocycles. The standard InChI is InChI=1S/C19H24N2O3S/c1-21(2)13-18-9-5-4-8-17(18)12-20-19(22)16-10-6-7-15(11-16)14-25(3,23)24/h4-11H,12-14H2,1-3H3,(H,20,22). The molecule has 0 aliphatic heterocycles. The first kappa shape index (κ1) is 19.1. The number of carbonyl (C=O) groups is 1. The number of hydrogen-bond acceptors (Lipinski definition) is 4. The average molecular weight is 360 g/mol.